The summed E-state index contributed by atoms with van der Waals surface area (Å²) in [5.74, 6) is -0.665. The lowest BCUT2D eigenvalue weighted by molar-refractivity contribution is -0.116. The van der Waals surface area contributed by atoms with Crippen molar-refractivity contribution in [1.82, 2.24) is 30.1 Å². The number of rotatable bonds is 7. The fourth-order valence-corrected chi connectivity index (χ4v) is 4.45. The Labute approximate surface area is 222 Å². The topological polar surface area (TPSA) is 133 Å². The molecule has 10 nitrogen and oxygen atoms in total. The zero-order valence-electron chi connectivity index (χ0n) is 21.0. The van der Waals surface area contributed by atoms with Crippen LogP contribution in [-0.4, -0.2) is 36.0 Å². The Morgan fingerprint density at radius 3 is 2.79 bits per heavy atom. The van der Waals surface area contributed by atoms with Crippen LogP contribution in [0.4, 0.5) is 21.5 Å². The Kier molecular flexibility index (Phi) is 6.37. The van der Waals surface area contributed by atoms with Crippen molar-refractivity contribution in [2.75, 3.05) is 16.0 Å². The zero-order valence-corrected chi connectivity index (χ0v) is 21.0. The Morgan fingerprint density at radius 2 is 1.95 bits per heavy atom. The summed E-state index contributed by atoms with van der Waals surface area (Å²) in [6, 6.07) is 7.33. The molecule has 5 aromatic rings. The molecular formula is C28H24FN9O. The molecule has 11 heteroatoms. The maximum Gasteiger partial charge on any atom is 0.224 e. The monoisotopic (exact) mass is 521 g/mol. The van der Waals surface area contributed by atoms with Gasteiger partial charge < -0.3 is 16.0 Å². The minimum atomic E-state index is -0.554. The van der Waals surface area contributed by atoms with Crippen molar-refractivity contribution in [2.45, 2.75) is 26.2 Å². The van der Waals surface area contributed by atoms with Crippen molar-refractivity contribution in [1.29, 1.82) is 0 Å². The van der Waals surface area contributed by atoms with E-state index >= 15 is 4.39 Å². The lowest BCUT2D eigenvalue weighted by atomic mass is 10.1. The van der Waals surface area contributed by atoms with Crippen LogP contribution in [0.5, 0.6) is 0 Å². The number of carbonyl (C=O) groups is 1. The lowest BCUT2D eigenvalue weighted by Gasteiger charge is -2.21. The quantitative estimate of drug-likeness (QED) is 0.218. The number of anilines is 3. The van der Waals surface area contributed by atoms with Gasteiger partial charge in [0.1, 0.15) is 11.4 Å². The van der Waals surface area contributed by atoms with E-state index in [1.165, 1.54) is 18.6 Å². The number of carbonyl (C=O) groups excluding carboxylic acids is 1. The molecule has 194 valence electrons. The number of halogens is 1. The van der Waals surface area contributed by atoms with E-state index in [0.717, 1.165) is 29.8 Å². The van der Waals surface area contributed by atoms with Gasteiger partial charge in [-0.15, -0.1) is 0 Å². The highest BCUT2D eigenvalue weighted by atomic mass is 19.1. The number of H-pyrrole nitrogens is 1. The molecule has 1 amide bonds. The van der Waals surface area contributed by atoms with Crippen LogP contribution in [0.3, 0.4) is 0 Å². The van der Waals surface area contributed by atoms with Crippen LogP contribution in [-0.2, 0) is 4.79 Å². The number of pyridine rings is 4. The Hall–Kier alpha value is -5.19. The number of aromatic amines is 1. The van der Waals surface area contributed by atoms with Gasteiger partial charge in [-0.05, 0) is 24.6 Å². The Bertz CT molecular complexity index is 1720. The van der Waals surface area contributed by atoms with Crippen molar-refractivity contribution < 1.29 is 9.18 Å². The number of nitrogens with zero attached hydrogens (tertiary/aromatic N) is 5. The third kappa shape index (κ3) is 4.65. The first kappa shape index (κ1) is 24.2. The summed E-state index contributed by atoms with van der Waals surface area (Å²) in [5.41, 5.74) is 5.51. The molecule has 0 saturated carbocycles. The fraction of sp³-hybridized carbons (Fsp3) is 0.143. The first-order valence-corrected chi connectivity index (χ1v) is 12.5. The predicted molar refractivity (Wildman–Crippen MR) is 148 cm³/mol. The number of unbranched alkanes of at least 4 members (excludes halogenated alkanes) is 1. The third-order valence-corrected chi connectivity index (χ3v) is 6.37. The second-order valence-electron chi connectivity index (χ2n) is 9.05. The molecule has 1 aliphatic heterocycles. The molecule has 0 spiro atoms. The van der Waals surface area contributed by atoms with Gasteiger partial charge in [0, 0.05) is 42.3 Å². The molecular weight excluding hydrogens is 497 g/mol. The van der Waals surface area contributed by atoms with Gasteiger partial charge in [0.15, 0.2) is 5.82 Å². The van der Waals surface area contributed by atoms with Crippen molar-refractivity contribution in [3.63, 3.8) is 0 Å². The fourth-order valence-electron chi connectivity index (χ4n) is 4.45. The van der Waals surface area contributed by atoms with Gasteiger partial charge in [0.05, 0.1) is 57.9 Å². The van der Waals surface area contributed by atoms with Gasteiger partial charge >= 0.3 is 0 Å². The number of fused-ring (bicyclic) bond motifs is 2. The van der Waals surface area contributed by atoms with E-state index in [1.807, 2.05) is 25.1 Å². The lowest BCUT2D eigenvalue weighted by Crippen LogP contribution is -2.12. The van der Waals surface area contributed by atoms with Crippen LogP contribution in [0.25, 0.3) is 39.1 Å². The highest BCUT2D eigenvalue weighted by Gasteiger charge is 2.23. The highest BCUT2D eigenvalue weighted by Crippen LogP contribution is 2.38. The molecule has 1 aliphatic rings. The maximum absolute atomic E-state index is 16.0. The average Bonchev–Trinajstić information content (AvgIpc) is 3.41. The van der Waals surface area contributed by atoms with Crippen LogP contribution >= 0.6 is 0 Å². The van der Waals surface area contributed by atoms with Crippen LogP contribution < -0.4 is 16.0 Å². The molecule has 0 saturated heterocycles. The van der Waals surface area contributed by atoms with Gasteiger partial charge in [-0.2, -0.15) is 5.10 Å². The van der Waals surface area contributed by atoms with Gasteiger partial charge in [-0.1, -0.05) is 19.4 Å². The Morgan fingerprint density at radius 1 is 1.05 bits per heavy atom. The summed E-state index contributed by atoms with van der Waals surface area (Å²) < 4.78 is 16.0. The predicted octanol–water partition coefficient (Wildman–Crippen LogP) is 5.58. The van der Waals surface area contributed by atoms with Gasteiger partial charge in [-0.25, -0.2) is 4.39 Å². The SMILES string of the molecule is CCCCC(=O)Nc1cncc(-c2ncc3[nH]nc(C4=CNc5c(cncc5-c5ccccn5)N4)c3c2F)c1. The summed E-state index contributed by atoms with van der Waals surface area (Å²) in [6.07, 6.45) is 13.6. The molecule has 6 heterocycles. The van der Waals surface area contributed by atoms with Crippen LogP contribution in [0, 0.1) is 5.82 Å². The van der Waals surface area contributed by atoms with Crippen molar-refractivity contribution in [2.24, 2.45) is 0 Å². The minimum absolute atomic E-state index is 0.103. The molecule has 0 aromatic carbocycles. The third-order valence-electron chi connectivity index (χ3n) is 6.37. The van der Waals surface area contributed by atoms with E-state index in [1.54, 1.807) is 30.9 Å². The normalized spacial score (nSPS) is 12.3. The second kappa shape index (κ2) is 10.3. The molecule has 4 N–H and O–H groups in total. The molecule has 0 unspecified atom stereocenters. The largest absolute Gasteiger partial charge is 0.357 e. The summed E-state index contributed by atoms with van der Waals surface area (Å²) in [4.78, 5) is 29.4. The number of hydrogen-bond acceptors (Lipinski definition) is 8. The molecule has 0 radical (unpaired) electrons. The van der Waals surface area contributed by atoms with Crippen LogP contribution in [0.15, 0.2) is 67.6 Å². The number of amides is 1. The molecule has 0 fully saturated rings. The van der Waals surface area contributed by atoms with Gasteiger partial charge in [-0.3, -0.25) is 29.8 Å². The maximum atomic E-state index is 16.0. The molecule has 39 heavy (non-hydrogen) atoms. The molecule has 6 rings (SSSR count). The van der Waals surface area contributed by atoms with E-state index in [0.29, 0.717) is 40.3 Å². The first-order valence-electron chi connectivity index (χ1n) is 12.5. The van der Waals surface area contributed by atoms with E-state index in [2.05, 4.69) is 46.1 Å². The molecule has 5 aromatic heterocycles. The number of nitrogens with one attached hydrogen (secondary N) is 4. The van der Waals surface area contributed by atoms with E-state index < -0.39 is 5.82 Å². The molecule has 0 aliphatic carbocycles. The van der Waals surface area contributed by atoms with E-state index in [-0.39, 0.29) is 17.0 Å². The van der Waals surface area contributed by atoms with Crippen molar-refractivity contribution in [3.05, 3.63) is 79.2 Å². The van der Waals surface area contributed by atoms with Crippen molar-refractivity contribution >= 4 is 39.6 Å². The summed E-state index contributed by atoms with van der Waals surface area (Å²) >= 11 is 0. The van der Waals surface area contributed by atoms with Crippen LogP contribution in [0.1, 0.15) is 31.9 Å². The van der Waals surface area contributed by atoms with Gasteiger partial charge in [0.2, 0.25) is 5.91 Å². The number of hydrogen-bond donors (Lipinski definition) is 4. The van der Waals surface area contributed by atoms with Crippen molar-refractivity contribution in [3.8, 4) is 22.5 Å². The Balaban J connectivity index is 1.33. The smallest absolute Gasteiger partial charge is 0.224 e. The molecule has 0 atom stereocenters. The number of aromatic nitrogens is 6. The first-order chi connectivity index (χ1) is 19.1. The molecule has 0 bridgehead atoms. The summed E-state index contributed by atoms with van der Waals surface area (Å²) in [5, 5.41) is 16.9. The second-order valence-corrected chi connectivity index (χ2v) is 9.05. The summed E-state index contributed by atoms with van der Waals surface area (Å²) in [7, 11) is 0. The standard InChI is InChI=1S/C28H24FN9O/c1-2-3-7-23(39)35-17-9-16(10-30-11-17)26-25(29)24-20(14-33-26)37-38-28(24)22-15-34-27-18(12-31-13-21(27)36-22)19-6-4-5-8-32-19/h4-6,8-15,34,36H,2-3,7H2,1H3,(H,35,39)(H,37,38). The summed E-state index contributed by atoms with van der Waals surface area (Å²) in [6.45, 7) is 2.02. The average molecular weight is 522 g/mol. The van der Waals surface area contributed by atoms with E-state index in [4.69, 9.17) is 0 Å². The minimum Gasteiger partial charge on any atom is -0.357 e. The highest BCUT2D eigenvalue weighted by molar-refractivity contribution is 6.00. The van der Waals surface area contributed by atoms with Gasteiger partial charge in [0.25, 0.3) is 0 Å². The van der Waals surface area contributed by atoms with Crippen LogP contribution in [0.2, 0.25) is 0 Å². The zero-order chi connectivity index (χ0) is 26.8. The van der Waals surface area contributed by atoms with E-state index in [9.17, 15) is 4.79 Å².